The molecule has 0 aliphatic carbocycles. The Kier molecular flexibility index (Phi) is 2.13. The first-order valence-electron chi connectivity index (χ1n) is 4.92. The molecule has 0 radical (unpaired) electrons. The van der Waals surface area contributed by atoms with E-state index in [9.17, 15) is 0 Å². The van der Waals surface area contributed by atoms with Crippen LogP contribution in [0.15, 0.2) is 54.6 Å². The highest BCUT2D eigenvalue weighted by Gasteiger charge is 1.99. The molecule has 0 unspecified atom stereocenters. The van der Waals surface area contributed by atoms with Crippen LogP contribution >= 0.6 is 22.6 Å². The molecule has 0 saturated carbocycles. The van der Waals surface area contributed by atoms with Gasteiger partial charge in [0.1, 0.15) is 0 Å². The number of halogens is 1. The van der Waals surface area contributed by atoms with Crippen molar-refractivity contribution in [1.29, 1.82) is 0 Å². The molecule has 3 aromatic carbocycles. The Morgan fingerprint density at radius 3 is 2.20 bits per heavy atom. The number of rotatable bonds is 0. The summed E-state index contributed by atoms with van der Waals surface area (Å²) in [6.45, 7) is 0. The van der Waals surface area contributed by atoms with Gasteiger partial charge in [-0.3, -0.25) is 0 Å². The zero-order valence-corrected chi connectivity index (χ0v) is 10.2. The maximum absolute atomic E-state index is 2.36. The average molecular weight is 304 g/mol. The summed E-state index contributed by atoms with van der Waals surface area (Å²) in [6.07, 6.45) is 0. The van der Waals surface area contributed by atoms with E-state index < -0.39 is 0 Å². The van der Waals surface area contributed by atoms with Crippen LogP contribution in [-0.4, -0.2) is 0 Å². The fourth-order valence-corrected chi connectivity index (χ4v) is 2.47. The van der Waals surface area contributed by atoms with Crippen LogP contribution in [0.5, 0.6) is 0 Å². The van der Waals surface area contributed by atoms with E-state index in [0.29, 0.717) is 0 Å². The minimum atomic E-state index is 1.29. The highest BCUT2D eigenvalue weighted by molar-refractivity contribution is 14.1. The van der Waals surface area contributed by atoms with Crippen molar-refractivity contribution in [2.24, 2.45) is 0 Å². The van der Waals surface area contributed by atoms with Gasteiger partial charge in [0.2, 0.25) is 0 Å². The molecule has 0 spiro atoms. The number of hydrogen-bond acceptors (Lipinski definition) is 0. The molecule has 0 atom stereocenters. The minimum Gasteiger partial charge on any atom is -0.0616 e. The summed E-state index contributed by atoms with van der Waals surface area (Å²) < 4.78 is 1.29. The quantitative estimate of drug-likeness (QED) is 0.421. The predicted molar refractivity (Wildman–Crippen MR) is 74.2 cm³/mol. The van der Waals surface area contributed by atoms with Crippen LogP contribution in [-0.2, 0) is 0 Å². The molecule has 0 nitrogen and oxygen atoms in total. The first kappa shape index (κ1) is 9.16. The molecule has 0 aliphatic heterocycles. The lowest BCUT2D eigenvalue weighted by molar-refractivity contribution is 1.72. The van der Waals surface area contributed by atoms with Gasteiger partial charge in [0.15, 0.2) is 0 Å². The van der Waals surface area contributed by atoms with Crippen LogP contribution in [0.25, 0.3) is 21.5 Å². The minimum absolute atomic E-state index is 1.29. The van der Waals surface area contributed by atoms with E-state index in [1.807, 2.05) is 0 Å². The van der Waals surface area contributed by atoms with E-state index >= 15 is 0 Å². The lowest BCUT2D eigenvalue weighted by Crippen LogP contribution is -1.78. The lowest BCUT2D eigenvalue weighted by Gasteiger charge is -2.03. The van der Waals surface area contributed by atoms with E-state index in [4.69, 9.17) is 0 Å². The smallest absolute Gasteiger partial charge is 0.0136 e. The maximum atomic E-state index is 2.36. The molecule has 0 saturated heterocycles. The summed E-state index contributed by atoms with van der Waals surface area (Å²) >= 11 is 2.36. The third-order valence-corrected chi connectivity index (χ3v) is 3.38. The Balaban J connectivity index is 2.57. The van der Waals surface area contributed by atoms with Gasteiger partial charge in [-0.1, -0.05) is 42.5 Å². The SMILES string of the molecule is Ic1ccc2ccc3ccccc3c2c1. The van der Waals surface area contributed by atoms with Gasteiger partial charge < -0.3 is 0 Å². The predicted octanol–water partition coefficient (Wildman–Crippen LogP) is 4.60. The van der Waals surface area contributed by atoms with Crippen molar-refractivity contribution in [3.05, 3.63) is 58.2 Å². The van der Waals surface area contributed by atoms with Gasteiger partial charge in [-0.05, 0) is 56.3 Å². The lowest BCUT2D eigenvalue weighted by atomic mass is 10.0. The maximum Gasteiger partial charge on any atom is 0.0136 e. The van der Waals surface area contributed by atoms with Crippen LogP contribution < -0.4 is 0 Å². The molecule has 0 bridgehead atoms. The van der Waals surface area contributed by atoms with Crippen molar-refractivity contribution in [1.82, 2.24) is 0 Å². The third-order valence-electron chi connectivity index (χ3n) is 2.71. The molecule has 0 fully saturated rings. The monoisotopic (exact) mass is 304 g/mol. The molecule has 3 aromatic rings. The van der Waals surface area contributed by atoms with Gasteiger partial charge in [0.25, 0.3) is 0 Å². The van der Waals surface area contributed by atoms with Crippen molar-refractivity contribution in [2.75, 3.05) is 0 Å². The molecule has 15 heavy (non-hydrogen) atoms. The molecule has 0 aliphatic rings. The molecule has 72 valence electrons. The average Bonchev–Trinajstić information content (AvgIpc) is 2.29. The summed E-state index contributed by atoms with van der Waals surface area (Å²) in [4.78, 5) is 0. The van der Waals surface area contributed by atoms with Crippen LogP contribution in [0.1, 0.15) is 0 Å². The standard InChI is InChI=1S/C14H9I/c15-12-8-7-11-6-5-10-3-1-2-4-13(10)14(11)9-12/h1-9H. The van der Waals surface area contributed by atoms with Crippen LogP contribution in [0, 0.1) is 3.57 Å². The van der Waals surface area contributed by atoms with E-state index in [2.05, 4.69) is 77.2 Å². The first-order chi connectivity index (χ1) is 7.34. The molecule has 0 heterocycles. The molecule has 0 N–H and O–H groups in total. The Bertz CT molecular complexity index is 641. The normalized spacial score (nSPS) is 11.0. The van der Waals surface area contributed by atoms with Crippen LogP contribution in [0.4, 0.5) is 0 Å². The van der Waals surface area contributed by atoms with Crippen LogP contribution in [0.2, 0.25) is 0 Å². The van der Waals surface area contributed by atoms with Crippen molar-refractivity contribution >= 4 is 44.1 Å². The van der Waals surface area contributed by atoms with Gasteiger partial charge in [-0.15, -0.1) is 0 Å². The zero-order chi connectivity index (χ0) is 10.3. The largest absolute Gasteiger partial charge is 0.0616 e. The summed E-state index contributed by atoms with van der Waals surface area (Å²) in [5, 5.41) is 5.31. The van der Waals surface area contributed by atoms with E-state index in [1.165, 1.54) is 25.1 Å². The van der Waals surface area contributed by atoms with Gasteiger partial charge >= 0.3 is 0 Å². The van der Waals surface area contributed by atoms with Crippen molar-refractivity contribution in [2.45, 2.75) is 0 Å². The Labute approximate surface area is 102 Å². The van der Waals surface area contributed by atoms with Gasteiger partial charge in [0.05, 0.1) is 0 Å². The molecular weight excluding hydrogens is 295 g/mol. The molecule has 0 aromatic heterocycles. The fourth-order valence-electron chi connectivity index (χ4n) is 1.97. The van der Waals surface area contributed by atoms with Gasteiger partial charge in [-0.25, -0.2) is 0 Å². The fraction of sp³-hybridized carbons (Fsp3) is 0. The zero-order valence-electron chi connectivity index (χ0n) is 8.07. The number of fused-ring (bicyclic) bond motifs is 3. The second kappa shape index (κ2) is 3.49. The molecule has 1 heteroatoms. The topological polar surface area (TPSA) is 0 Å². The van der Waals surface area contributed by atoms with E-state index in [0.717, 1.165) is 0 Å². The van der Waals surface area contributed by atoms with Crippen LogP contribution in [0.3, 0.4) is 0 Å². The third kappa shape index (κ3) is 1.51. The van der Waals surface area contributed by atoms with Crippen molar-refractivity contribution in [3.8, 4) is 0 Å². The highest BCUT2D eigenvalue weighted by atomic mass is 127. The Morgan fingerprint density at radius 2 is 1.33 bits per heavy atom. The second-order valence-electron chi connectivity index (χ2n) is 3.65. The summed E-state index contributed by atoms with van der Waals surface area (Å²) in [5.74, 6) is 0. The Hall–Kier alpha value is -1.09. The van der Waals surface area contributed by atoms with Gasteiger partial charge in [0, 0.05) is 3.57 Å². The van der Waals surface area contributed by atoms with E-state index in [-0.39, 0.29) is 0 Å². The highest BCUT2D eigenvalue weighted by Crippen LogP contribution is 2.26. The Morgan fingerprint density at radius 1 is 0.667 bits per heavy atom. The summed E-state index contributed by atoms with van der Waals surface area (Å²) in [6, 6.07) is 19.5. The number of hydrogen-bond donors (Lipinski definition) is 0. The molecular formula is C14H9I. The van der Waals surface area contributed by atoms with Crippen molar-refractivity contribution in [3.63, 3.8) is 0 Å². The van der Waals surface area contributed by atoms with E-state index in [1.54, 1.807) is 0 Å². The molecule has 3 rings (SSSR count). The van der Waals surface area contributed by atoms with Gasteiger partial charge in [-0.2, -0.15) is 0 Å². The summed E-state index contributed by atoms with van der Waals surface area (Å²) in [5.41, 5.74) is 0. The van der Waals surface area contributed by atoms with Crippen molar-refractivity contribution < 1.29 is 0 Å². The number of benzene rings is 3. The molecule has 0 amide bonds. The second-order valence-corrected chi connectivity index (χ2v) is 4.90. The first-order valence-corrected chi connectivity index (χ1v) is 5.99. The summed E-state index contributed by atoms with van der Waals surface area (Å²) in [7, 11) is 0.